The summed E-state index contributed by atoms with van der Waals surface area (Å²) in [5.74, 6) is 0.512. The Kier molecular flexibility index (Phi) is 9.34. The van der Waals surface area contributed by atoms with Crippen LogP contribution in [0, 0.1) is 0 Å². The zero-order valence-corrected chi connectivity index (χ0v) is 17.8. The average molecular weight is 407 g/mol. The molecule has 28 heavy (non-hydrogen) atoms. The first-order valence-electron chi connectivity index (χ1n) is 9.98. The zero-order valence-electron chi connectivity index (χ0n) is 17.0. The van der Waals surface area contributed by atoms with Crippen molar-refractivity contribution in [2.45, 2.75) is 70.7 Å². The van der Waals surface area contributed by atoms with Gasteiger partial charge < -0.3 is 14.0 Å². The Bertz CT molecular complexity index is 775. The minimum Gasteiger partial charge on any atom is -0.466 e. The number of hydrogen-bond acceptors (Lipinski definition) is 6. The Morgan fingerprint density at radius 3 is 2.68 bits per heavy atom. The third kappa shape index (κ3) is 6.86. The first-order valence-corrected chi connectivity index (χ1v) is 11.0. The molecule has 6 nitrogen and oxygen atoms in total. The van der Waals surface area contributed by atoms with Crippen LogP contribution in [0.1, 0.15) is 52.9 Å². The van der Waals surface area contributed by atoms with E-state index in [9.17, 15) is 9.59 Å². The van der Waals surface area contributed by atoms with Gasteiger partial charge in [-0.05, 0) is 45.2 Å². The minimum absolute atomic E-state index is 0.0854. The predicted octanol–water partition coefficient (Wildman–Crippen LogP) is 4.59. The molecule has 0 aliphatic rings. The molecule has 154 valence electrons. The molecule has 2 aromatic rings. The van der Waals surface area contributed by atoms with Crippen molar-refractivity contribution in [3.63, 3.8) is 0 Å². The zero-order chi connectivity index (χ0) is 20.4. The maximum Gasteiger partial charge on any atom is 0.326 e. The lowest BCUT2D eigenvalue weighted by atomic mass is 10.2. The van der Waals surface area contributed by atoms with Gasteiger partial charge in [0.2, 0.25) is 0 Å². The molecule has 0 saturated heterocycles. The van der Waals surface area contributed by atoms with Gasteiger partial charge in [0.25, 0.3) is 0 Å². The van der Waals surface area contributed by atoms with Crippen molar-refractivity contribution in [3.05, 3.63) is 24.3 Å². The Labute approximate surface area is 171 Å². The first kappa shape index (κ1) is 22.3. The van der Waals surface area contributed by atoms with E-state index in [1.54, 1.807) is 11.8 Å². The number of aromatic nitrogens is 2. The lowest BCUT2D eigenvalue weighted by Crippen LogP contribution is -2.19. The molecule has 1 atom stereocenters. The summed E-state index contributed by atoms with van der Waals surface area (Å²) in [6, 6.07) is 7.82. The minimum atomic E-state index is -0.242. The third-order valence-electron chi connectivity index (χ3n) is 4.38. The molecule has 1 aromatic carbocycles. The van der Waals surface area contributed by atoms with Gasteiger partial charge in [0.1, 0.15) is 6.54 Å². The van der Waals surface area contributed by atoms with Crippen LogP contribution in [0.2, 0.25) is 0 Å². The molecular weight excluding hydrogens is 376 g/mol. The average Bonchev–Trinajstić information content (AvgIpc) is 3.02. The van der Waals surface area contributed by atoms with E-state index in [4.69, 9.17) is 9.47 Å². The van der Waals surface area contributed by atoms with E-state index in [1.165, 1.54) is 0 Å². The molecule has 1 heterocycles. The standard InChI is InChI=1S/C21H30N2O4S/c1-4-16(3)27-20(25)15-23-18-12-9-8-11-17(18)22-21(23)28-14-10-6-7-13-19(24)26-5-2/h8-9,11-12,16H,4-7,10,13-15H2,1-3H3. The maximum absolute atomic E-state index is 12.3. The molecular formula is C21H30N2O4S. The molecule has 0 amide bonds. The lowest BCUT2D eigenvalue weighted by molar-refractivity contribution is -0.149. The smallest absolute Gasteiger partial charge is 0.326 e. The van der Waals surface area contributed by atoms with Crippen LogP contribution in [0.15, 0.2) is 29.4 Å². The molecule has 0 spiro atoms. The number of unbranched alkanes of at least 4 members (excludes halogenated alkanes) is 2. The summed E-state index contributed by atoms with van der Waals surface area (Å²) in [5, 5.41) is 0.827. The predicted molar refractivity (Wildman–Crippen MR) is 111 cm³/mol. The Morgan fingerprint density at radius 2 is 1.93 bits per heavy atom. The quantitative estimate of drug-likeness (QED) is 0.292. The van der Waals surface area contributed by atoms with Crippen LogP contribution in [0.5, 0.6) is 0 Å². The second-order valence-electron chi connectivity index (χ2n) is 6.64. The summed E-state index contributed by atoms with van der Waals surface area (Å²) in [6.07, 6.45) is 3.95. The number of nitrogens with zero attached hydrogens (tertiary/aromatic N) is 2. The van der Waals surface area contributed by atoms with Gasteiger partial charge in [-0.25, -0.2) is 4.98 Å². The highest BCUT2D eigenvalue weighted by Crippen LogP contribution is 2.25. The van der Waals surface area contributed by atoms with Crippen LogP contribution in [0.4, 0.5) is 0 Å². The van der Waals surface area contributed by atoms with Gasteiger partial charge in [-0.2, -0.15) is 0 Å². The van der Waals surface area contributed by atoms with Crippen molar-refractivity contribution >= 4 is 34.7 Å². The number of carbonyl (C=O) groups excluding carboxylic acids is 2. The summed E-state index contributed by atoms with van der Waals surface area (Å²) in [7, 11) is 0. The topological polar surface area (TPSA) is 70.4 Å². The van der Waals surface area contributed by atoms with Crippen LogP contribution in [0.3, 0.4) is 0 Å². The van der Waals surface area contributed by atoms with Crippen molar-refractivity contribution in [2.75, 3.05) is 12.4 Å². The van der Waals surface area contributed by atoms with Crippen molar-refractivity contribution in [1.82, 2.24) is 9.55 Å². The van der Waals surface area contributed by atoms with E-state index in [1.807, 2.05) is 49.6 Å². The number of benzene rings is 1. The van der Waals surface area contributed by atoms with Gasteiger partial charge in [-0.15, -0.1) is 0 Å². The van der Waals surface area contributed by atoms with E-state index in [0.717, 1.165) is 47.6 Å². The molecule has 7 heteroatoms. The summed E-state index contributed by atoms with van der Waals surface area (Å²) >= 11 is 1.64. The molecule has 0 radical (unpaired) electrons. The number of carbonyl (C=O) groups is 2. The monoisotopic (exact) mass is 406 g/mol. The third-order valence-corrected chi connectivity index (χ3v) is 5.44. The van der Waals surface area contributed by atoms with Gasteiger partial charge in [-0.3, -0.25) is 9.59 Å². The van der Waals surface area contributed by atoms with E-state index in [-0.39, 0.29) is 24.6 Å². The number of hydrogen-bond donors (Lipinski definition) is 0. The molecule has 0 aliphatic carbocycles. The fourth-order valence-electron chi connectivity index (χ4n) is 2.74. The van der Waals surface area contributed by atoms with Crippen molar-refractivity contribution in [3.8, 4) is 0 Å². The molecule has 1 aromatic heterocycles. The van der Waals surface area contributed by atoms with Gasteiger partial charge in [0.05, 0.1) is 23.7 Å². The van der Waals surface area contributed by atoms with E-state index in [0.29, 0.717) is 13.0 Å². The first-order chi connectivity index (χ1) is 13.5. The number of rotatable bonds is 12. The van der Waals surface area contributed by atoms with E-state index < -0.39 is 0 Å². The molecule has 0 saturated carbocycles. The Hall–Kier alpha value is -2.02. The molecule has 0 bridgehead atoms. The molecule has 0 fully saturated rings. The number of fused-ring (bicyclic) bond motifs is 1. The second-order valence-corrected chi connectivity index (χ2v) is 7.70. The lowest BCUT2D eigenvalue weighted by Gasteiger charge is -2.13. The summed E-state index contributed by atoms with van der Waals surface area (Å²) in [6.45, 7) is 6.31. The molecule has 2 rings (SSSR count). The number of esters is 2. The second kappa shape index (κ2) is 11.7. The van der Waals surface area contributed by atoms with Crippen molar-refractivity contribution in [2.24, 2.45) is 0 Å². The van der Waals surface area contributed by atoms with Gasteiger partial charge in [0.15, 0.2) is 5.16 Å². The number of para-hydroxylation sites is 2. The van der Waals surface area contributed by atoms with Crippen LogP contribution in [0.25, 0.3) is 11.0 Å². The van der Waals surface area contributed by atoms with Crippen LogP contribution in [-0.4, -0.2) is 40.0 Å². The highest BCUT2D eigenvalue weighted by atomic mass is 32.2. The molecule has 1 unspecified atom stereocenters. The van der Waals surface area contributed by atoms with Gasteiger partial charge in [0, 0.05) is 12.2 Å². The van der Waals surface area contributed by atoms with Crippen LogP contribution < -0.4 is 0 Å². The number of imidazole rings is 1. The number of thioether (sulfide) groups is 1. The maximum atomic E-state index is 12.3. The highest BCUT2D eigenvalue weighted by Gasteiger charge is 2.16. The van der Waals surface area contributed by atoms with Crippen LogP contribution >= 0.6 is 11.8 Å². The summed E-state index contributed by atoms with van der Waals surface area (Å²) in [5.41, 5.74) is 1.82. The highest BCUT2D eigenvalue weighted by molar-refractivity contribution is 7.99. The Morgan fingerprint density at radius 1 is 1.14 bits per heavy atom. The van der Waals surface area contributed by atoms with Crippen molar-refractivity contribution < 1.29 is 19.1 Å². The van der Waals surface area contributed by atoms with E-state index in [2.05, 4.69) is 4.98 Å². The van der Waals surface area contributed by atoms with E-state index >= 15 is 0 Å². The largest absolute Gasteiger partial charge is 0.466 e. The SMILES string of the molecule is CCOC(=O)CCCCCSc1nc2ccccc2n1CC(=O)OC(C)CC. The summed E-state index contributed by atoms with van der Waals surface area (Å²) in [4.78, 5) is 28.3. The Balaban J connectivity index is 1.92. The fourth-order valence-corrected chi connectivity index (χ4v) is 3.75. The van der Waals surface area contributed by atoms with Gasteiger partial charge >= 0.3 is 11.9 Å². The van der Waals surface area contributed by atoms with Crippen molar-refractivity contribution in [1.29, 1.82) is 0 Å². The van der Waals surface area contributed by atoms with Gasteiger partial charge in [-0.1, -0.05) is 37.2 Å². The molecule has 0 N–H and O–H groups in total. The fraction of sp³-hybridized carbons (Fsp3) is 0.571. The summed E-state index contributed by atoms with van der Waals surface area (Å²) < 4.78 is 12.3. The van der Waals surface area contributed by atoms with Crippen LogP contribution in [-0.2, 0) is 25.6 Å². The normalized spacial score (nSPS) is 12.1. The molecule has 0 aliphatic heterocycles. The number of ether oxygens (including phenoxy) is 2.